The molecule has 1 N–H and O–H groups in total. The molecular weight excluding hydrogens is 357 g/mol. The van der Waals surface area contributed by atoms with E-state index in [4.69, 9.17) is 0 Å². The lowest BCUT2D eigenvalue weighted by Gasteiger charge is -2.38. The summed E-state index contributed by atoms with van der Waals surface area (Å²) in [6.45, 7) is 7.50. The number of nitrogens with zero attached hydrogens (tertiary/aromatic N) is 6. The normalized spacial score (nSPS) is 20.2. The average Bonchev–Trinajstić information content (AvgIpc) is 3.10. The maximum atomic E-state index is 13.1. The van der Waals surface area contributed by atoms with Gasteiger partial charge in [0.15, 0.2) is 5.96 Å². The number of rotatable bonds is 3. The largest absolute Gasteiger partial charge is 0.368 e. The predicted molar refractivity (Wildman–Crippen MR) is 108 cm³/mol. The van der Waals surface area contributed by atoms with E-state index in [0.717, 1.165) is 75.4 Å². The molecule has 8 heteroatoms. The lowest BCUT2D eigenvalue weighted by molar-refractivity contribution is 0.339. The fourth-order valence-electron chi connectivity index (χ4n) is 4.09. The molecule has 28 heavy (non-hydrogen) atoms. The molecule has 1 saturated heterocycles. The second kappa shape index (κ2) is 8.16. The number of fused-ring (bicyclic) bond motifs is 1. The van der Waals surface area contributed by atoms with Crippen LogP contribution in [0.2, 0.25) is 0 Å². The Morgan fingerprint density at radius 3 is 2.64 bits per heavy atom. The monoisotopic (exact) mass is 385 g/mol. The minimum Gasteiger partial charge on any atom is -0.368 e. The van der Waals surface area contributed by atoms with E-state index in [0.29, 0.717) is 5.92 Å². The van der Waals surface area contributed by atoms with E-state index in [9.17, 15) is 4.39 Å². The molecule has 0 aliphatic carbocycles. The second-order valence-electron chi connectivity index (χ2n) is 7.56. The van der Waals surface area contributed by atoms with Gasteiger partial charge in [-0.25, -0.2) is 4.39 Å². The summed E-state index contributed by atoms with van der Waals surface area (Å²) in [5.41, 5.74) is 1.08. The van der Waals surface area contributed by atoms with E-state index in [1.165, 1.54) is 12.1 Å². The van der Waals surface area contributed by atoms with Crippen molar-refractivity contribution in [3.05, 3.63) is 41.7 Å². The van der Waals surface area contributed by atoms with Crippen molar-refractivity contribution in [2.45, 2.75) is 26.3 Å². The lowest BCUT2D eigenvalue weighted by Crippen LogP contribution is -2.53. The first-order chi connectivity index (χ1) is 13.6. The Bertz CT molecular complexity index is 822. The van der Waals surface area contributed by atoms with E-state index in [1.54, 1.807) is 0 Å². The summed E-state index contributed by atoms with van der Waals surface area (Å²) < 4.78 is 15.4. The number of aliphatic imine (C=N–C) groups is 1. The van der Waals surface area contributed by atoms with Gasteiger partial charge < -0.3 is 19.7 Å². The Morgan fingerprint density at radius 1 is 1.18 bits per heavy atom. The highest BCUT2D eigenvalue weighted by atomic mass is 19.1. The number of piperazine rings is 1. The number of halogens is 1. The van der Waals surface area contributed by atoms with Gasteiger partial charge in [0, 0.05) is 58.4 Å². The average molecular weight is 385 g/mol. The summed E-state index contributed by atoms with van der Waals surface area (Å²) in [5, 5.41) is 12.0. The summed E-state index contributed by atoms with van der Waals surface area (Å²) in [7, 11) is 1.84. The molecule has 150 valence electrons. The zero-order valence-corrected chi connectivity index (χ0v) is 16.6. The molecule has 1 aromatic heterocycles. The minimum absolute atomic E-state index is 0.191. The molecule has 3 heterocycles. The Balaban J connectivity index is 1.28. The summed E-state index contributed by atoms with van der Waals surface area (Å²) in [6.07, 6.45) is 2.11. The number of benzene rings is 1. The molecule has 2 aliphatic rings. The number of hydrogen-bond acceptors (Lipinski definition) is 4. The first-order valence-corrected chi connectivity index (χ1v) is 9.99. The maximum Gasteiger partial charge on any atom is 0.193 e. The summed E-state index contributed by atoms with van der Waals surface area (Å²) >= 11 is 0. The molecule has 0 amide bonds. The highest BCUT2D eigenvalue weighted by molar-refractivity contribution is 5.80. The van der Waals surface area contributed by atoms with Gasteiger partial charge in [0.2, 0.25) is 0 Å². The fourth-order valence-corrected chi connectivity index (χ4v) is 4.09. The third-order valence-corrected chi connectivity index (χ3v) is 5.76. The van der Waals surface area contributed by atoms with Crippen molar-refractivity contribution in [1.29, 1.82) is 0 Å². The molecule has 0 bridgehead atoms. The van der Waals surface area contributed by atoms with Crippen molar-refractivity contribution in [3.8, 4) is 0 Å². The minimum atomic E-state index is -0.191. The van der Waals surface area contributed by atoms with Gasteiger partial charge in [0.1, 0.15) is 17.5 Å². The van der Waals surface area contributed by atoms with Crippen molar-refractivity contribution >= 4 is 11.6 Å². The second-order valence-corrected chi connectivity index (χ2v) is 7.56. The van der Waals surface area contributed by atoms with Gasteiger partial charge in [-0.3, -0.25) is 4.99 Å². The molecule has 1 atom stereocenters. The SMILES string of the molecule is CN=C(NCC1CCc2nnc(C)n2C1)N1CCN(c2ccc(F)cc2)CC1. The summed E-state index contributed by atoms with van der Waals surface area (Å²) in [5.74, 6) is 3.43. The first-order valence-electron chi connectivity index (χ1n) is 9.99. The molecular formula is C20H28FN7. The van der Waals surface area contributed by atoms with Crippen LogP contribution in [0.1, 0.15) is 18.1 Å². The van der Waals surface area contributed by atoms with E-state index < -0.39 is 0 Å². The maximum absolute atomic E-state index is 13.1. The zero-order chi connectivity index (χ0) is 19.5. The Hall–Kier alpha value is -2.64. The molecule has 1 unspecified atom stereocenters. The number of guanidine groups is 1. The van der Waals surface area contributed by atoms with Crippen molar-refractivity contribution in [2.24, 2.45) is 10.9 Å². The zero-order valence-electron chi connectivity index (χ0n) is 16.6. The molecule has 7 nitrogen and oxygen atoms in total. The first kappa shape index (κ1) is 18.7. The number of hydrogen-bond donors (Lipinski definition) is 1. The van der Waals surface area contributed by atoms with Crippen LogP contribution in [0.4, 0.5) is 10.1 Å². The van der Waals surface area contributed by atoms with E-state index in [-0.39, 0.29) is 5.82 Å². The van der Waals surface area contributed by atoms with Crippen LogP contribution in [0.5, 0.6) is 0 Å². The number of aryl methyl sites for hydroxylation is 2. The van der Waals surface area contributed by atoms with Gasteiger partial charge in [-0.2, -0.15) is 0 Å². The standard InChI is InChI=1S/C20H28FN7/c1-15-24-25-19-8-3-16(14-28(15)19)13-23-20(22-2)27-11-9-26(10-12-27)18-6-4-17(21)5-7-18/h4-7,16H,3,8-14H2,1-2H3,(H,22,23). The Morgan fingerprint density at radius 2 is 1.93 bits per heavy atom. The van der Waals surface area contributed by atoms with Crippen LogP contribution in [-0.4, -0.2) is 65.4 Å². The molecule has 1 fully saturated rings. The van der Waals surface area contributed by atoms with Crippen LogP contribution in [0.15, 0.2) is 29.3 Å². The van der Waals surface area contributed by atoms with Crippen LogP contribution in [0.3, 0.4) is 0 Å². The van der Waals surface area contributed by atoms with Crippen molar-refractivity contribution in [1.82, 2.24) is 25.0 Å². The third-order valence-electron chi connectivity index (χ3n) is 5.76. The molecule has 0 radical (unpaired) electrons. The van der Waals surface area contributed by atoms with Crippen LogP contribution >= 0.6 is 0 Å². The van der Waals surface area contributed by atoms with Gasteiger partial charge >= 0.3 is 0 Å². The molecule has 1 aromatic carbocycles. The fraction of sp³-hybridized carbons (Fsp3) is 0.550. The van der Waals surface area contributed by atoms with Gasteiger partial charge in [-0.1, -0.05) is 0 Å². The molecule has 4 rings (SSSR count). The molecule has 0 saturated carbocycles. The highest BCUT2D eigenvalue weighted by Crippen LogP contribution is 2.20. The quantitative estimate of drug-likeness (QED) is 0.644. The van der Waals surface area contributed by atoms with Crippen molar-refractivity contribution in [2.75, 3.05) is 44.7 Å². The molecule has 2 aromatic rings. The smallest absolute Gasteiger partial charge is 0.193 e. The summed E-state index contributed by atoms with van der Waals surface area (Å²) in [4.78, 5) is 9.09. The molecule has 2 aliphatic heterocycles. The highest BCUT2D eigenvalue weighted by Gasteiger charge is 2.24. The Kier molecular flexibility index (Phi) is 5.45. The number of aromatic nitrogens is 3. The lowest BCUT2D eigenvalue weighted by atomic mass is 9.99. The Labute approximate surface area is 165 Å². The van der Waals surface area contributed by atoms with Crippen LogP contribution in [-0.2, 0) is 13.0 Å². The van der Waals surface area contributed by atoms with Gasteiger partial charge in [0.05, 0.1) is 0 Å². The summed E-state index contributed by atoms with van der Waals surface area (Å²) in [6, 6.07) is 6.75. The van der Waals surface area contributed by atoms with Crippen LogP contribution in [0.25, 0.3) is 0 Å². The predicted octanol–water partition coefficient (Wildman–Crippen LogP) is 1.69. The number of nitrogens with one attached hydrogen (secondary N) is 1. The van der Waals surface area contributed by atoms with Crippen molar-refractivity contribution < 1.29 is 4.39 Å². The van der Waals surface area contributed by atoms with E-state index in [2.05, 4.69) is 34.9 Å². The van der Waals surface area contributed by atoms with E-state index in [1.807, 2.05) is 26.1 Å². The third kappa shape index (κ3) is 3.95. The van der Waals surface area contributed by atoms with Crippen LogP contribution < -0.4 is 10.2 Å². The van der Waals surface area contributed by atoms with Gasteiger partial charge in [0.25, 0.3) is 0 Å². The van der Waals surface area contributed by atoms with E-state index >= 15 is 0 Å². The van der Waals surface area contributed by atoms with Gasteiger partial charge in [-0.15, -0.1) is 10.2 Å². The number of anilines is 1. The van der Waals surface area contributed by atoms with Crippen molar-refractivity contribution in [3.63, 3.8) is 0 Å². The van der Waals surface area contributed by atoms with Gasteiger partial charge in [-0.05, 0) is 43.5 Å². The van der Waals surface area contributed by atoms with Crippen LogP contribution in [0, 0.1) is 18.7 Å². The topological polar surface area (TPSA) is 61.6 Å². The molecule has 0 spiro atoms.